The Balaban J connectivity index is 2.15. The molecule has 0 aliphatic carbocycles. The maximum Gasteiger partial charge on any atom is 0.255 e. The third kappa shape index (κ3) is 4.09. The molecule has 0 saturated carbocycles. The highest BCUT2D eigenvalue weighted by Gasteiger charge is 2.14. The van der Waals surface area contributed by atoms with Gasteiger partial charge in [-0.2, -0.15) is 0 Å². The topological polar surface area (TPSA) is 91.4 Å². The van der Waals surface area contributed by atoms with Gasteiger partial charge in [0.1, 0.15) is 5.82 Å². The molecule has 0 fully saturated rings. The molecule has 0 unspecified atom stereocenters. The van der Waals surface area contributed by atoms with Crippen LogP contribution in [0.4, 0.5) is 5.82 Å². The lowest BCUT2D eigenvalue weighted by molar-refractivity contribution is 0.0951. The van der Waals surface area contributed by atoms with Crippen LogP contribution >= 0.6 is 0 Å². The van der Waals surface area contributed by atoms with E-state index in [1.807, 2.05) is 14.1 Å². The van der Waals surface area contributed by atoms with Crippen LogP contribution in [0, 0.1) is 0 Å². The SMILES string of the molecule is CNS(=O)(=O)c1cccc(CNC(=O)c2cccnc2N(C)C)c1. The number of nitrogens with zero attached hydrogens (tertiary/aromatic N) is 2. The number of rotatable bonds is 6. The highest BCUT2D eigenvalue weighted by molar-refractivity contribution is 7.89. The van der Waals surface area contributed by atoms with Gasteiger partial charge in [-0.1, -0.05) is 12.1 Å². The maximum absolute atomic E-state index is 12.4. The molecule has 0 aliphatic heterocycles. The van der Waals surface area contributed by atoms with E-state index in [0.29, 0.717) is 16.9 Å². The molecule has 0 saturated heterocycles. The highest BCUT2D eigenvalue weighted by Crippen LogP contribution is 2.15. The van der Waals surface area contributed by atoms with E-state index in [4.69, 9.17) is 0 Å². The summed E-state index contributed by atoms with van der Waals surface area (Å²) in [5, 5.41) is 2.79. The molecule has 7 nitrogen and oxygen atoms in total. The van der Waals surface area contributed by atoms with Crippen LogP contribution < -0.4 is 14.9 Å². The predicted molar refractivity (Wildman–Crippen MR) is 92.4 cm³/mol. The highest BCUT2D eigenvalue weighted by atomic mass is 32.2. The molecule has 1 aromatic heterocycles. The summed E-state index contributed by atoms with van der Waals surface area (Å²) in [6, 6.07) is 9.82. The van der Waals surface area contributed by atoms with Crippen LogP contribution in [0.5, 0.6) is 0 Å². The van der Waals surface area contributed by atoms with Crippen molar-refractivity contribution in [3.05, 3.63) is 53.7 Å². The number of hydrogen-bond donors (Lipinski definition) is 2. The van der Waals surface area contributed by atoms with Crippen molar-refractivity contribution >= 4 is 21.7 Å². The predicted octanol–water partition coefficient (Wildman–Crippen LogP) is 0.986. The lowest BCUT2D eigenvalue weighted by Gasteiger charge is -2.15. The molecule has 1 amide bonds. The zero-order chi connectivity index (χ0) is 17.7. The third-order valence-corrected chi connectivity index (χ3v) is 4.80. The number of hydrogen-bond acceptors (Lipinski definition) is 5. The fourth-order valence-corrected chi connectivity index (χ4v) is 2.95. The van der Waals surface area contributed by atoms with E-state index in [0.717, 1.165) is 0 Å². The van der Waals surface area contributed by atoms with Gasteiger partial charge in [-0.05, 0) is 36.9 Å². The van der Waals surface area contributed by atoms with E-state index < -0.39 is 10.0 Å². The molecule has 1 heterocycles. The van der Waals surface area contributed by atoms with E-state index in [-0.39, 0.29) is 17.3 Å². The van der Waals surface area contributed by atoms with Gasteiger partial charge in [0.2, 0.25) is 10.0 Å². The summed E-state index contributed by atoms with van der Waals surface area (Å²) in [7, 11) is 1.47. The summed E-state index contributed by atoms with van der Waals surface area (Å²) in [5.74, 6) is 0.301. The first-order valence-electron chi connectivity index (χ1n) is 7.28. The zero-order valence-corrected chi connectivity index (χ0v) is 14.6. The zero-order valence-electron chi connectivity index (χ0n) is 13.8. The Morgan fingerprint density at radius 3 is 2.62 bits per heavy atom. The van der Waals surface area contributed by atoms with Crippen molar-refractivity contribution < 1.29 is 13.2 Å². The van der Waals surface area contributed by atoms with Crippen molar-refractivity contribution in [2.75, 3.05) is 26.0 Å². The van der Waals surface area contributed by atoms with Gasteiger partial charge in [-0.15, -0.1) is 0 Å². The number of pyridine rings is 1. The van der Waals surface area contributed by atoms with Gasteiger partial charge < -0.3 is 10.2 Å². The minimum Gasteiger partial charge on any atom is -0.362 e. The number of nitrogens with one attached hydrogen (secondary N) is 2. The number of sulfonamides is 1. The van der Waals surface area contributed by atoms with Gasteiger partial charge in [0.15, 0.2) is 0 Å². The molecular weight excluding hydrogens is 328 g/mol. The Labute approximate surface area is 141 Å². The van der Waals surface area contributed by atoms with Crippen molar-refractivity contribution in [2.24, 2.45) is 0 Å². The first-order chi connectivity index (χ1) is 11.3. The number of amides is 1. The van der Waals surface area contributed by atoms with Crippen molar-refractivity contribution in [1.29, 1.82) is 0 Å². The summed E-state index contributed by atoms with van der Waals surface area (Å²) >= 11 is 0. The van der Waals surface area contributed by atoms with E-state index in [9.17, 15) is 13.2 Å². The molecule has 128 valence electrons. The molecule has 1 aromatic carbocycles. The fraction of sp³-hybridized carbons (Fsp3) is 0.250. The lowest BCUT2D eigenvalue weighted by Crippen LogP contribution is -2.26. The van der Waals surface area contributed by atoms with Crippen molar-refractivity contribution in [3.8, 4) is 0 Å². The molecule has 2 rings (SSSR count). The van der Waals surface area contributed by atoms with Crippen molar-refractivity contribution in [3.63, 3.8) is 0 Å². The van der Waals surface area contributed by atoms with Crippen molar-refractivity contribution in [1.82, 2.24) is 15.0 Å². The number of carbonyl (C=O) groups excluding carboxylic acids is 1. The minimum absolute atomic E-state index is 0.159. The summed E-state index contributed by atoms with van der Waals surface area (Å²) in [6.07, 6.45) is 1.62. The monoisotopic (exact) mass is 348 g/mol. The van der Waals surface area contributed by atoms with Gasteiger partial charge in [-0.3, -0.25) is 4.79 Å². The quantitative estimate of drug-likeness (QED) is 0.812. The average molecular weight is 348 g/mol. The van der Waals surface area contributed by atoms with Crippen LogP contribution in [0.15, 0.2) is 47.5 Å². The summed E-state index contributed by atoms with van der Waals surface area (Å²) in [4.78, 5) is 18.5. The Hall–Kier alpha value is -2.45. The minimum atomic E-state index is -3.51. The fourth-order valence-electron chi connectivity index (χ4n) is 2.15. The molecule has 2 N–H and O–H groups in total. The second kappa shape index (κ2) is 7.41. The second-order valence-electron chi connectivity index (χ2n) is 5.31. The molecule has 0 spiro atoms. The number of anilines is 1. The Kier molecular flexibility index (Phi) is 5.53. The maximum atomic E-state index is 12.4. The third-order valence-electron chi connectivity index (χ3n) is 3.39. The van der Waals surface area contributed by atoms with Crippen LogP contribution in [0.1, 0.15) is 15.9 Å². The van der Waals surface area contributed by atoms with E-state index in [2.05, 4.69) is 15.0 Å². The van der Waals surface area contributed by atoms with Gasteiger partial charge in [0.05, 0.1) is 10.5 Å². The molecule has 0 aliphatic rings. The van der Waals surface area contributed by atoms with E-state index in [1.54, 1.807) is 35.4 Å². The van der Waals surface area contributed by atoms with Crippen LogP contribution in [0.2, 0.25) is 0 Å². The van der Waals surface area contributed by atoms with Gasteiger partial charge in [0.25, 0.3) is 5.91 Å². The number of benzene rings is 1. The molecule has 0 atom stereocenters. The Bertz CT molecular complexity index is 835. The van der Waals surface area contributed by atoms with Gasteiger partial charge in [-0.25, -0.2) is 18.1 Å². The normalized spacial score (nSPS) is 11.1. The van der Waals surface area contributed by atoms with Crippen LogP contribution in [0.3, 0.4) is 0 Å². The van der Waals surface area contributed by atoms with Crippen LogP contribution in [0.25, 0.3) is 0 Å². The molecule has 0 bridgehead atoms. The Morgan fingerprint density at radius 1 is 1.21 bits per heavy atom. The summed E-state index contributed by atoms with van der Waals surface area (Å²) < 4.78 is 25.9. The summed E-state index contributed by atoms with van der Waals surface area (Å²) in [6.45, 7) is 0.216. The smallest absolute Gasteiger partial charge is 0.255 e. The molecular formula is C16H20N4O3S. The summed E-state index contributed by atoms with van der Waals surface area (Å²) in [5.41, 5.74) is 1.15. The lowest BCUT2D eigenvalue weighted by atomic mass is 10.2. The number of aromatic nitrogens is 1. The van der Waals surface area contributed by atoms with Crippen molar-refractivity contribution in [2.45, 2.75) is 11.4 Å². The molecule has 0 radical (unpaired) electrons. The standard InChI is InChI=1S/C16H20N4O3S/c1-17-24(22,23)13-7-4-6-12(10-13)11-19-16(21)14-8-5-9-18-15(14)20(2)3/h4-10,17H,11H2,1-3H3,(H,19,21). The average Bonchev–Trinajstić information content (AvgIpc) is 2.59. The molecule has 2 aromatic rings. The first-order valence-corrected chi connectivity index (χ1v) is 8.76. The Morgan fingerprint density at radius 2 is 1.96 bits per heavy atom. The van der Waals surface area contributed by atoms with E-state index >= 15 is 0 Å². The van der Waals surface area contributed by atoms with Gasteiger partial charge in [0, 0.05) is 26.8 Å². The number of carbonyl (C=O) groups is 1. The molecule has 8 heteroatoms. The first kappa shape index (κ1) is 17.9. The second-order valence-corrected chi connectivity index (χ2v) is 7.19. The van der Waals surface area contributed by atoms with Crippen LogP contribution in [-0.4, -0.2) is 40.5 Å². The van der Waals surface area contributed by atoms with Crippen LogP contribution in [-0.2, 0) is 16.6 Å². The largest absolute Gasteiger partial charge is 0.362 e. The molecule has 24 heavy (non-hydrogen) atoms. The van der Waals surface area contributed by atoms with Gasteiger partial charge >= 0.3 is 0 Å². The van der Waals surface area contributed by atoms with E-state index in [1.165, 1.54) is 19.2 Å².